The summed E-state index contributed by atoms with van der Waals surface area (Å²) in [6.07, 6.45) is 0. The predicted octanol–water partition coefficient (Wildman–Crippen LogP) is 4.73. The Bertz CT molecular complexity index is 588. The molecule has 0 aliphatic rings. The molecular weight excluding hydrogens is 280 g/mol. The van der Waals surface area contributed by atoms with Crippen LogP contribution in [0.3, 0.4) is 0 Å². The molecule has 0 aliphatic carbocycles. The fourth-order valence-corrected chi connectivity index (χ4v) is 2.11. The number of rotatable bonds is 1. The van der Waals surface area contributed by atoms with Gasteiger partial charge >= 0.3 is 0 Å². The SMILES string of the molecule is Cc1c(C(=O)C(C)(C)C)oc2ccc(Br)cc12. The van der Waals surface area contributed by atoms with Crippen molar-refractivity contribution in [2.24, 2.45) is 5.41 Å². The second-order valence-corrected chi connectivity index (χ2v) is 6.19. The second kappa shape index (κ2) is 3.98. The minimum Gasteiger partial charge on any atom is -0.453 e. The van der Waals surface area contributed by atoms with E-state index in [0.717, 1.165) is 21.0 Å². The van der Waals surface area contributed by atoms with E-state index in [-0.39, 0.29) is 5.78 Å². The Labute approximate surface area is 109 Å². The summed E-state index contributed by atoms with van der Waals surface area (Å²) in [5.74, 6) is 0.521. The molecule has 1 aromatic carbocycles. The average molecular weight is 295 g/mol. The lowest BCUT2D eigenvalue weighted by Crippen LogP contribution is -2.20. The highest BCUT2D eigenvalue weighted by molar-refractivity contribution is 9.10. The van der Waals surface area contributed by atoms with Gasteiger partial charge in [-0.3, -0.25) is 4.79 Å². The van der Waals surface area contributed by atoms with Gasteiger partial charge in [0, 0.05) is 20.8 Å². The van der Waals surface area contributed by atoms with E-state index in [9.17, 15) is 4.79 Å². The quantitative estimate of drug-likeness (QED) is 0.712. The van der Waals surface area contributed by atoms with Gasteiger partial charge in [-0.25, -0.2) is 0 Å². The highest BCUT2D eigenvalue weighted by atomic mass is 79.9. The van der Waals surface area contributed by atoms with Gasteiger partial charge < -0.3 is 4.42 Å². The van der Waals surface area contributed by atoms with Crippen LogP contribution in [0.1, 0.15) is 36.9 Å². The predicted molar refractivity (Wildman–Crippen MR) is 72.4 cm³/mol. The van der Waals surface area contributed by atoms with E-state index in [1.807, 2.05) is 45.9 Å². The molecule has 0 spiro atoms. The summed E-state index contributed by atoms with van der Waals surface area (Å²) < 4.78 is 6.66. The van der Waals surface area contributed by atoms with E-state index < -0.39 is 5.41 Å². The molecule has 0 aliphatic heterocycles. The lowest BCUT2D eigenvalue weighted by Gasteiger charge is -2.14. The van der Waals surface area contributed by atoms with Crippen molar-refractivity contribution < 1.29 is 9.21 Å². The highest BCUT2D eigenvalue weighted by Gasteiger charge is 2.28. The van der Waals surface area contributed by atoms with E-state index in [0.29, 0.717) is 5.76 Å². The number of carbonyl (C=O) groups is 1. The molecule has 2 rings (SSSR count). The number of carbonyl (C=O) groups excluding carboxylic acids is 1. The third-order valence-electron chi connectivity index (χ3n) is 2.79. The number of benzene rings is 1. The van der Waals surface area contributed by atoms with E-state index in [4.69, 9.17) is 4.42 Å². The largest absolute Gasteiger partial charge is 0.453 e. The summed E-state index contributed by atoms with van der Waals surface area (Å²) in [6.45, 7) is 7.63. The molecule has 0 fully saturated rings. The summed E-state index contributed by atoms with van der Waals surface area (Å²) in [5.41, 5.74) is 1.26. The van der Waals surface area contributed by atoms with E-state index in [2.05, 4.69) is 15.9 Å². The monoisotopic (exact) mass is 294 g/mol. The zero-order valence-electron chi connectivity index (χ0n) is 10.4. The molecule has 0 saturated heterocycles. The number of furan rings is 1. The van der Waals surface area contributed by atoms with Crippen molar-refractivity contribution in [3.8, 4) is 0 Å². The molecule has 17 heavy (non-hydrogen) atoms. The molecule has 0 amide bonds. The third-order valence-corrected chi connectivity index (χ3v) is 3.28. The van der Waals surface area contributed by atoms with Crippen molar-refractivity contribution in [1.82, 2.24) is 0 Å². The highest BCUT2D eigenvalue weighted by Crippen LogP contribution is 2.31. The topological polar surface area (TPSA) is 30.2 Å². The Morgan fingerprint density at radius 1 is 1.29 bits per heavy atom. The molecule has 1 aromatic heterocycles. The van der Waals surface area contributed by atoms with Crippen LogP contribution >= 0.6 is 15.9 Å². The first-order valence-corrected chi connectivity index (χ1v) is 6.33. The van der Waals surface area contributed by atoms with Crippen LogP contribution in [0.15, 0.2) is 27.1 Å². The lowest BCUT2D eigenvalue weighted by molar-refractivity contribution is 0.0830. The van der Waals surface area contributed by atoms with Crippen LogP contribution in [0.25, 0.3) is 11.0 Å². The molecule has 0 N–H and O–H groups in total. The maximum Gasteiger partial charge on any atom is 0.203 e. The van der Waals surface area contributed by atoms with Gasteiger partial charge in [0.15, 0.2) is 5.76 Å². The van der Waals surface area contributed by atoms with Gasteiger partial charge in [-0.15, -0.1) is 0 Å². The molecule has 0 unspecified atom stereocenters. The Balaban J connectivity index is 2.65. The van der Waals surface area contributed by atoms with E-state index >= 15 is 0 Å². The van der Waals surface area contributed by atoms with Gasteiger partial charge in [0.2, 0.25) is 5.78 Å². The molecule has 90 valence electrons. The Hall–Kier alpha value is -1.09. The molecule has 0 bridgehead atoms. The van der Waals surface area contributed by atoms with Gasteiger partial charge in [0.25, 0.3) is 0 Å². The van der Waals surface area contributed by atoms with Gasteiger partial charge in [-0.05, 0) is 25.1 Å². The molecule has 2 nitrogen and oxygen atoms in total. The zero-order valence-corrected chi connectivity index (χ0v) is 12.0. The van der Waals surface area contributed by atoms with Crippen LogP contribution in [0.4, 0.5) is 0 Å². The van der Waals surface area contributed by atoms with Gasteiger partial charge in [-0.1, -0.05) is 36.7 Å². The van der Waals surface area contributed by atoms with Crippen LogP contribution in [0.2, 0.25) is 0 Å². The smallest absolute Gasteiger partial charge is 0.203 e. The first kappa shape index (κ1) is 12.4. The molecule has 1 heterocycles. The van der Waals surface area contributed by atoms with Crippen LogP contribution in [-0.4, -0.2) is 5.78 Å². The third kappa shape index (κ3) is 2.16. The number of Topliss-reactive ketones (excluding diaryl/α,β-unsaturated/α-hetero) is 1. The number of fused-ring (bicyclic) bond motifs is 1. The second-order valence-electron chi connectivity index (χ2n) is 5.28. The van der Waals surface area contributed by atoms with Crippen molar-refractivity contribution in [3.05, 3.63) is 34.0 Å². The number of halogens is 1. The Kier molecular flexibility index (Phi) is 2.90. The summed E-state index contributed by atoms with van der Waals surface area (Å²) >= 11 is 3.43. The molecule has 3 heteroatoms. The summed E-state index contributed by atoms with van der Waals surface area (Å²) in [5, 5.41) is 0.993. The normalized spacial score (nSPS) is 12.1. The van der Waals surface area contributed by atoms with Crippen molar-refractivity contribution in [1.29, 1.82) is 0 Å². The van der Waals surface area contributed by atoms with Crippen LogP contribution < -0.4 is 0 Å². The Morgan fingerprint density at radius 2 is 1.94 bits per heavy atom. The van der Waals surface area contributed by atoms with Crippen LogP contribution in [0.5, 0.6) is 0 Å². The average Bonchev–Trinajstić information content (AvgIpc) is 2.54. The van der Waals surface area contributed by atoms with Gasteiger partial charge in [0.1, 0.15) is 5.58 Å². The first-order valence-electron chi connectivity index (χ1n) is 5.54. The fraction of sp³-hybridized carbons (Fsp3) is 0.357. The lowest BCUT2D eigenvalue weighted by atomic mass is 9.88. The molecule has 2 aromatic rings. The number of hydrogen-bond donors (Lipinski definition) is 0. The minimum atomic E-state index is -0.421. The van der Waals surface area contributed by atoms with E-state index in [1.165, 1.54) is 0 Å². The van der Waals surface area contributed by atoms with Gasteiger partial charge in [0.05, 0.1) is 0 Å². The molecule has 0 atom stereocenters. The minimum absolute atomic E-state index is 0.0438. The summed E-state index contributed by atoms with van der Waals surface area (Å²) in [7, 11) is 0. The molecular formula is C14H15BrO2. The van der Waals surface area contributed by atoms with E-state index in [1.54, 1.807) is 0 Å². The number of ketones is 1. The van der Waals surface area contributed by atoms with Gasteiger partial charge in [-0.2, -0.15) is 0 Å². The maximum atomic E-state index is 12.2. The first-order chi connectivity index (χ1) is 7.80. The fourth-order valence-electron chi connectivity index (χ4n) is 1.75. The number of hydrogen-bond acceptors (Lipinski definition) is 2. The van der Waals surface area contributed by atoms with Crippen molar-refractivity contribution in [2.45, 2.75) is 27.7 Å². The zero-order chi connectivity index (χ0) is 12.8. The van der Waals surface area contributed by atoms with Crippen molar-refractivity contribution in [2.75, 3.05) is 0 Å². The van der Waals surface area contributed by atoms with Crippen LogP contribution in [0, 0.1) is 12.3 Å². The maximum absolute atomic E-state index is 12.2. The van der Waals surface area contributed by atoms with Crippen LogP contribution in [-0.2, 0) is 0 Å². The summed E-state index contributed by atoms with van der Waals surface area (Å²) in [6, 6.07) is 5.77. The Morgan fingerprint density at radius 3 is 2.53 bits per heavy atom. The van der Waals surface area contributed by atoms with Crippen molar-refractivity contribution in [3.63, 3.8) is 0 Å². The molecule has 0 saturated carbocycles. The standard InChI is InChI=1S/C14H15BrO2/c1-8-10-7-9(15)5-6-11(10)17-12(8)13(16)14(2,3)4/h5-7H,1-4H3. The number of aryl methyl sites for hydroxylation is 1. The molecule has 0 radical (unpaired) electrons. The van der Waals surface area contributed by atoms with Crippen molar-refractivity contribution >= 4 is 32.7 Å². The summed E-state index contributed by atoms with van der Waals surface area (Å²) in [4.78, 5) is 12.2.